The summed E-state index contributed by atoms with van der Waals surface area (Å²) in [6.07, 6.45) is 1.25. The van der Waals surface area contributed by atoms with Crippen LogP contribution < -0.4 is 34.3 Å². The second-order valence-corrected chi connectivity index (χ2v) is 2.43. The molecule has 0 aliphatic heterocycles. The van der Waals surface area contributed by atoms with Crippen LogP contribution in [0.4, 0.5) is 5.82 Å². The molecule has 1 aromatic heterocycles. The number of nitro groups is 1. The van der Waals surface area contributed by atoms with E-state index >= 15 is 0 Å². The van der Waals surface area contributed by atoms with Gasteiger partial charge in [-0.25, -0.2) is 0 Å². The van der Waals surface area contributed by atoms with E-state index in [-0.39, 0.29) is 41.1 Å². The molecule has 13 heavy (non-hydrogen) atoms. The van der Waals surface area contributed by atoms with Gasteiger partial charge in [0, 0.05) is 0 Å². The molecular weight excluding hydrogens is 203 g/mol. The summed E-state index contributed by atoms with van der Waals surface area (Å²) in [5.41, 5.74) is 0. The fourth-order valence-electron chi connectivity index (χ4n) is 0.707. The summed E-state index contributed by atoms with van der Waals surface area (Å²) in [4.78, 5) is 13.6. The topological polar surface area (TPSA) is 65.3 Å². The van der Waals surface area contributed by atoms with Gasteiger partial charge in [0.1, 0.15) is 6.20 Å². The van der Waals surface area contributed by atoms with Gasteiger partial charge in [-0.05, 0) is 16.0 Å². The number of pyridine rings is 1. The van der Waals surface area contributed by atoms with Gasteiger partial charge in [-0.1, -0.05) is 0 Å². The van der Waals surface area contributed by atoms with Crippen LogP contribution in [0.5, 0.6) is 5.75 Å². The molecule has 0 spiro atoms. The first-order valence-electron chi connectivity index (χ1n) is 3.00. The monoisotopic (exact) mass is 208 g/mol. The summed E-state index contributed by atoms with van der Waals surface area (Å²) < 4.78 is 4.72. The quantitative estimate of drug-likeness (QED) is 0.241. The minimum Gasteiger partial charge on any atom is -0.776 e. The Bertz CT molecular complexity index is 321. The Morgan fingerprint density at radius 3 is 2.77 bits per heavy atom. The minimum absolute atomic E-state index is 0. The van der Waals surface area contributed by atoms with Crippen LogP contribution in [0, 0.1) is 10.1 Å². The molecule has 0 saturated heterocycles. The second kappa shape index (κ2) is 5.33. The third-order valence-corrected chi connectivity index (χ3v) is 1.42. The molecule has 0 amide bonds. The molecule has 0 unspecified atom stereocenters. The molecule has 0 aliphatic carbocycles. The van der Waals surface area contributed by atoms with E-state index in [0.717, 1.165) is 0 Å². The van der Waals surface area contributed by atoms with Crippen LogP contribution in [0.3, 0.4) is 0 Å². The van der Waals surface area contributed by atoms with E-state index in [9.17, 15) is 10.1 Å². The Kier molecular flexibility index (Phi) is 5.16. The zero-order valence-electron chi connectivity index (χ0n) is 7.18. The summed E-state index contributed by atoms with van der Waals surface area (Å²) in [5, 5.41) is 10.3. The fourth-order valence-corrected chi connectivity index (χ4v) is 0.866. The van der Waals surface area contributed by atoms with Crippen LogP contribution in [0.15, 0.2) is 17.2 Å². The second-order valence-electron chi connectivity index (χ2n) is 1.95. The van der Waals surface area contributed by atoms with Crippen molar-refractivity contribution in [2.24, 2.45) is 0 Å². The average molecular weight is 208 g/mol. The first kappa shape index (κ1) is 12.6. The number of ether oxygens (including phenoxy) is 1. The Labute approximate surface area is 102 Å². The molecule has 0 atom stereocenters. The van der Waals surface area contributed by atoms with E-state index in [0.29, 0.717) is 4.90 Å². The average Bonchev–Trinajstić information content (AvgIpc) is 2.03. The van der Waals surface area contributed by atoms with Crippen LogP contribution >= 0.6 is 0 Å². The van der Waals surface area contributed by atoms with E-state index in [4.69, 9.17) is 17.4 Å². The van der Waals surface area contributed by atoms with Gasteiger partial charge in [0.25, 0.3) is 0 Å². The van der Waals surface area contributed by atoms with Gasteiger partial charge in [0.15, 0.2) is 0 Å². The van der Waals surface area contributed by atoms with E-state index in [1.54, 1.807) is 0 Å². The van der Waals surface area contributed by atoms with Gasteiger partial charge in [0.05, 0.1) is 7.11 Å². The standard InChI is InChI=1S/C6H6N2O3S.Na/c1-11-5-2-4(12)3-7-6(5)8(9)10;/h2-3,12H,1H3;/q;+1/p-1. The Morgan fingerprint density at radius 1 is 1.69 bits per heavy atom. The summed E-state index contributed by atoms with van der Waals surface area (Å²) in [6.45, 7) is 0. The van der Waals surface area contributed by atoms with Gasteiger partial charge in [-0.3, -0.25) is 0 Å². The van der Waals surface area contributed by atoms with Crippen LogP contribution in [-0.2, 0) is 12.6 Å². The Hall–Kier alpha value is -0.430. The summed E-state index contributed by atoms with van der Waals surface area (Å²) in [7, 11) is 1.33. The Morgan fingerprint density at radius 2 is 2.31 bits per heavy atom. The van der Waals surface area contributed by atoms with Crippen LogP contribution in [0.1, 0.15) is 0 Å². The first-order valence-corrected chi connectivity index (χ1v) is 3.41. The van der Waals surface area contributed by atoms with Crippen molar-refractivity contribution < 1.29 is 39.2 Å². The molecular formula is C6H5N2NaO3S. The van der Waals surface area contributed by atoms with E-state index in [1.165, 1.54) is 19.4 Å². The number of rotatable bonds is 2. The molecule has 64 valence electrons. The van der Waals surface area contributed by atoms with Crippen molar-refractivity contribution in [2.75, 3.05) is 7.11 Å². The van der Waals surface area contributed by atoms with Crippen molar-refractivity contribution in [3.63, 3.8) is 0 Å². The van der Waals surface area contributed by atoms with Crippen LogP contribution in [-0.4, -0.2) is 17.0 Å². The maximum absolute atomic E-state index is 10.3. The molecule has 0 fully saturated rings. The normalized spacial score (nSPS) is 8.69. The van der Waals surface area contributed by atoms with Crippen molar-refractivity contribution in [3.05, 3.63) is 22.4 Å². The number of hydrogen-bond acceptors (Lipinski definition) is 5. The molecule has 0 bridgehead atoms. The van der Waals surface area contributed by atoms with Gasteiger partial charge < -0.3 is 27.5 Å². The van der Waals surface area contributed by atoms with Crippen molar-refractivity contribution in [1.82, 2.24) is 4.98 Å². The van der Waals surface area contributed by atoms with Crippen LogP contribution in [0.25, 0.3) is 0 Å². The molecule has 0 radical (unpaired) electrons. The zero-order valence-corrected chi connectivity index (χ0v) is 10.00. The van der Waals surface area contributed by atoms with Crippen molar-refractivity contribution >= 4 is 18.4 Å². The number of hydrogen-bond donors (Lipinski definition) is 0. The first-order chi connectivity index (χ1) is 5.65. The summed E-state index contributed by atoms with van der Waals surface area (Å²) in [6, 6.07) is 1.39. The largest absolute Gasteiger partial charge is 1.00 e. The van der Waals surface area contributed by atoms with Gasteiger partial charge in [-0.15, -0.1) is 4.90 Å². The maximum atomic E-state index is 10.3. The zero-order chi connectivity index (χ0) is 9.14. The van der Waals surface area contributed by atoms with Gasteiger partial charge in [0.2, 0.25) is 5.75 Å². The minimum atomic E-state index is -0.617. The predicted octanol–water partition coefficient (Wildman–Crippen LogP) is -2.09. The molecule has 0 aromatic carbocycles. The predicted molar refractivity (Wildman–Crippen MR) is 43.1 cm³/mol. The SMILES string of the molecule is COc1cc([S-])cnc1[N+](=O)[O-].[Na+]. The molecule has 5 nitrogen and oxygen atoms in total. The summed E-state index contributed by atoms with van der Waals surface area (Å²) >= 11 is 4.75. The fraction of sp³-hybridized carbons (Fsp3) is 0.167. The maximum Gasteiger partial charge on any atom is 1.00 e. The van der Waals surface area contributed by atoms with Gasteiger partial charge in [-0.2, -0.15) is 0 Å². The van der Waals surface area contributed by atoms with Crippen molar-refractivity contribution in [2.45, 2.75) is 4.90 Å². The number of nitrogens with zero attached hydrogens (tertiary/aromatic N) is 2. The van der Waals surface area contributed by atoms with E-state index in [2.05, 4.69) is 4.98 Å². The molecule has 0 aliphatic rings. The third kappa shape index (κ3) is 3.07. The molecule has 0 N–H and O–H groups in total. The molecule has 7 heteroatoms. The molecule has 1 rings (SSSR count). The van der Waals surface area contributed by atoms with E-state index in [1.807, 2.05) is 0 Å². The number of methoxy groups -OCH3 is 1. The molecule has 0 saturated carbocycles. The molecule has 1 heterocycles. The third-order valence-electron chi connectivity index (χ3n) is 1.20. The molecule has 1 aromatic rings. The van der Waals surface area contributed by atoms with Crippen molar-refractivity contribution in [3.8, 4) is 5.75 Å². The summed E-state index contributed by atoms with van der Waals surface area (Å²) in [5.74, 6) is -0.224. The van der Waals surface area contributed by atoms with Crippen LogP contribution in [0.2, 0.25) is 0 Å². The number of aromatic nitrogens is 1. The van der Waals surface area contributed by atoms with E-state index < -0.39 is 4.92 Å². The smallest absolute Gasteiger partial charge is 0.776 e. The Balaban J connectivity index is 0.00000144. The van der Waals surface area contributed by atoms with Crippen molar-refractivity contribution in [1.29, 1.82) is 0 Å². The van der Waals surface area contributed by atoms with Gasteiger partial charge >= 0.3 is 35.4 Å².